The summed E-state index contributed by atoms with van der Waals surface area (Å²) >= 11 is 0. The highest BCUT2D eigenvalue weighted by Gasteiger charge is 2.16. The van der Waals surface area contributed by atoms with Crippen LogP contribution in [0.2, 0.25) is 0 Å². The van der Waals surface area contributed by atoms with Gasteiger partial charge in [-0.3, -0.25) is 4.68 Å². The van der Waals surface area contributed by atoms with Crippen molar-refractivity contribution < 1.29 is 22.6 Å². The number of methoxy groups -OCH3 is 1. The molecule has 11 heteroatoms. The van der Waals surface area contributed by atoms with Crippen molar-refractivity contribution >= 4 is 17.5 Å². The van der Waals surface area contributed by atoms with Crippen molar-refractivity contribution in [3.63, 3.8) is 0 Å². The molecule has 0 bridgehead atoms. The van der Waals surface area contributed by atoms with Crippen LogP contribution in [0.4, 0.5) is 30.6 Å². The maximum atomic E-state index is 14.3. The van der Waals surface area contributed by atoms with Crippen molar-refractivity contribution in [3.05, 3.63) is 53.7 Å². The standard InChI is InChI=1S/C20H23F3N6O2/c1-12(2)31-7-6-29-11-13(8-26-29)27-20-25-10-16(22)19(28-20)24-9-14-15(21)4-5-17(30-3)18(14)23/h4-5,8,10-12H,6-7,9H2,1-3H3,(H2,24,25,27,28). The van der Waals surface area contributed by atoms with E-state index in [0.29, 0.717) is 18.8 Å². The zero-order valence-electron chi connectivity index (χ0n) is 17.3. The zero-order chi connectivity index (χ0) is 22.4. The molecule has 0 atom stereocenters. The van der Waals surface area contributed by atoms with Gasteiger partial charge in [0.25, 0.3) is 0 Å². The average Bonchev–Trinajstić information content (AvgIpc) is 3.17. The molecule has 1 aromatic carbocycles. The summed E-state index contributed by atoms with van der Waals surface area (Å²) in [4.78, 5) is 7.91. The monoisotopic (exact) mass is 436 g/mol. The SMILES string of the molecule is COc1ccc(F)c(CNc2nc(Nc3cnn(CCOC(C)C)c3)ncc2F)c1F. The Balaban J connectivity index is 1.67. The Kier molecular flexibility index (Phi) is 7.29. The second-order valence-corrected chi connectivity index (χ2v) is 6.82. The Labute approximate surface area is 177 Å². The minimum atomic E-state index is -0.864. The third-order valence-corrected chi connectivity index (χ3v) is 4.21. The van der Waals surface area contributed by atoms with E-state index in [1.165, 1.54) is 13.2 Å². The van der Waals surface area contributed by atoms with E-state index in [0.717, 1.165) is 12.3 Å². The number of halogens is 3. The molecule has 2 heterocycles. The first-order valence-electron chi connectivity index (χ1n) is 9.55. The summed E-state index contributed by atoms with van der Waals surface area (Å²) < 4.78 is 54.4. The quantitative estimate of drug-likeness (QED) is 0.499. The van der Waals surface area contributed by atoms with Crippen molar-refractivity contribution in [1.82, 2.24) is 19.7 Å². The number of ether oxygens (including phenoxy) is 2. The number of hydrogen-bond donors (Lipinski definition) is 2. The third-order valence-electron chi connectivity index (χ3n) is 4.21. The summed E-state index contributed by atoms with van der Waals surface area (Å²) in [7, 11) is 1.27. The van der Waals surface area contributed by atoms with Crippen LogP contribution in [0.25, 0.3) is 0 Å². The summed E-state index contributed by atoms with van der Waals surface area (Å²) in [5.74, 6) is -2.65. The number of benzene rings is 1. The molecule has 0 spiro atoms. The van der Waals surface area contributed by atoms with Crippen molar-refractivity contribution in [3.8, 4) is 5.75 Å². The topological polar surface area (TPSA) is 86.1 Å². The Morgan fingerprint density at radius 1 is 1.13 bits per heavy atom. The smallest absolute Gasteiger partial charge is 0.229 e. The van der Waals surface area contributed by atoms with Crippen LogP contribution in [-0.2, 0) is 17.8 Å². The molecule has 8 nitrogen and oxygen atoms in total. The van der Waals surface area contributed by atoms with Crippen molar-refractivity contribution in [1.29, 1.82) is 0 Å². The van der Waals surface area contributed by atoms with Gasteiger partial charge in [0, 0.05) is 18.3 Å². The number of rotatable bonds is 10. The van der Waals surface area contributed by atoms with Crippen molar-refractivity contribution in [2.45, 2.75) is 33.0 Å². The van der Waals surface area contributed by atoms with E-state index >= 15 is 0 Å². The van der Waals surface area contributed by atoms with Crippen LogP contribution in [0.5, 0.6) is 5.75 Å². The Morgan fingerprint density at radius 3 is 2.68 bits per heavy atom. The highest BCUT2D eigenvalue weighted by atomic mass is 19.1. The van der Waals surface area contributed by atoms with E-state index in [1.807, 2.05) is 13.8 Å². The van der Waals surface area contributed by atoms with E-state index in [2.05, 4.69) is 25.7 Å². The second kappa shape index (κ2) is 10.1. The molecule has 0 amide bonds. The van der Waals surface area contributed by atoms with E-state index in [9.17, 15) is 13.2 Å². The van der Waals surface area contributed by atoms with E-state index in [1.54, 1.807) is 17.1 Å². The van der Waals surface area contributed by atoms with Gasteiger partial charge in [-0.05, 0) is 26.0 Å². The van der Waals surface area contributed by atoms with Crippen LogP contribution in [0.15, 0.2) is 30.7 Å². The molecule has 0 radical (unpaired) electrons. The highest BCUT2D eigenvalue weighted by Crippen LogP contribution is 2.24. The predicted octanol–water partition coefficient (Wildman–Crippen LogP) is 3.88. The summed E-state index contributed by atoms with van der Waals surface area (Å²) in [5.41, 5.74) is 0.295. The number of nitrogens with one attached hydrogen (secondary N) is 2. The van der Waals surface area contributed by atoms with Gasteiger partial charge in [0.1, 0.15) is 5.82 Å². The summed E-state index contributed by atoms with van der Waals surface area (Å²) in [6.07, 6.45) is 4.38. The van der Waals surface area contributed by atoms with Gasteiger partial charge in [0.2, 0.25) is 5.95 Å². The molecule has 0 saturated carbocycles. The number of anilines is 3. The molecule has 3 aromatic rings. The minimum Gasteiger partial charge on any atom is -0.494 e. The normalized spacial score (nSPS) is 11.1. The molecule has 2 N–H and O–H groups in total. The van der Waals surface area contributed by atoms with Gasteiger partial charge in [0.15, 0.2) is 23.2 Å². The molecule has 0 fully saturated rings. The fourth-order valence-corrected chi connectivity index (χ4v) is 2.68. The van der Waals surface area contributed by atoms with Gasteiger partial charge < -0.3 is 20.1 Å². The van der Waals surface area contributed by atoms with Gasteiger partial charge in [0.05, 0.1) is 44.4 Å². The van der Waals surface area contributed by atoms with Crippen LogP contribution < -0.4 is 15.4 Å². The fraction of sp³-hybridized carbons (Fsp3) is 0.350. The lowest BCUT2D eigenvalue weighted by atomic mass is 10.2. The zero-order valence-corrected chi connectivity index (χ0v) is 17.3. The van der Waals surface area contributed by atoms with Gasteiger partial charge >= 0.3 is 0 Å². The Hall–Kier alpha value is -3.34. The van der Waals surface area contributed by atoms with Gasteiger partial charge in [-0.2, -0.15) is 10.1 Å². The van der Waals surface area contributed by atoms with Gasteiger partial charge in [-0.25, -0.2) is 18.2 Å². The first kappa shape index (κ1) is 22.3. The first-order valence-corrected chi connectivity index (χ1v) is 9.55. The lowest BCUT2D eigenvalue weighted by molar-refractivity contribution is 0.0710. The first-order chi connectivity index (χ1) is 14.9. The molecule has 166 valence electrons. The van der Waals surface area contributed by atoms with Crippen molar-refractivity contribution in [2.75, 3.05) is 24.4 Å². The van der Waals surface area contributed by atoms with Gasteiger partial charge in [-0.15, -0.1) is 0 Å². The Bertz CT molecular complexity index is 1030. The van der Waals surface area contributed by atoms with Crippen LogP contribution in [-0.4, -0.2) is 39.6 Å². The van der Waals surface area contributed by atoms with E-state index in [4.69, 9.17) is 9.47 Å². The van der Waals surface area contributed by atoms with Gasteiger partial charge in [-0.1, -0.05) is 0 Å². The lowest BCUT2D eigenvalue weighted by Gasteiger charge is -2.11. The second-order valence-electron chi connectivity index (χ2n) is 6.82. The molecular weight excluding hydrogens is 413 g/mol. The molecule has 2 aromatic heterocycles. The molecule has 31 heavy (non-hydrogen) atoms. The molecule has 0 unspecified atom stereocenters. The number of hydrogen-bond acceptors (Lipinski definition) is 7. The molecule has 0 saturated heterocycles. The highest BCUT2D eigenvalue weighted by molar-refractivity contribution is 5.53. The van der Waals surface area contributed by atoms with E-state index in [-0.39, 0.29) is 35.7 Å². The van der Waals surface area contributed by atoms with Crippen LogP contribution >= 0.6 is 0 Å². The summed E-state index contributed by atoms with van der Waals surface area (Å²) in [6, 6.07) is 2.25. The number of aromatic nitrogens is 4. The predicted molar refractivity (Wildman–Crippen MR) is 109 cm³/mol. The number of nitrogens with zero attached hydrogens (tertiary/aromatic N) is 4. The summed E-state index contributed by atoms with van der Waals surface area (Å²) in [6.45, 7) is 4.64. The largest absolute Gasteiger partial charge is 0.494 e. The van der Waals surface area contributed by atoms with Crippen LogP contribution in [0.1, 0.15) is 19.4 Å². The molecule has 0 aliphatic heterocycles. The summed E-state index contributed by atoms with van der Waals surface area (Å²) in [5, 5.41) is 9.70. The fourth-order valence-electron chi connectivity index (χ4n) is 2.68. The average molecular weight is 436 g/mol. The van der Waals surface area contributed by atoms with E-state index < -0.39 is 17.5 Å². The molecule has 0 aliphatic rings. The maximum absolute atomic E-state index is 14.3. The minimum absolute atomic E-state index is 0.0912. The Morgan fingerprint density at radius 2 is 1.94 bits per heavy atom. The molecule has 0 aliphatic carbocycles. The maximum Gasteiger partial charge on any atom is 0.229 e. The molecular formula is C20H23F3N6O2. The van der Waals surface area contributed by atoms with Crippen LogP contribution in [0, 0.1) is 17.5 Å². The van der Waals surface area contributed by atoms with Crippen LogP contribution in [0.3, 0.4) is 0 Å². The van der Waals surface area contributed by atoms with Crippen molar-refractivity contribution in [2.24, 2.45) is 0 Å². The third kappa shape index (κ3) is 5.85. The lowest BCUT2D eigenvalue weighted by Crippen LogP contribution is -2.10. The molecule has 3 rings (SSSR count).